The summed E-state index contributed by atoms with van der Waals surface area (Å²) in [7, 11) is -2.20. The van der Waals surface area contributed by atoms with Gasteiger partial charge < -0.3 is 4.74 Å². The second-order valence-corrected chi connectivity index (χ2v) is 8.30. The van der Waals surface area contributed by atoms with Gasteiger partial charge in [-0.05, 0) is 35.4 Å². The summed E-state index contributed by atoms with van der Waals surface area (Å²) >= 11 is 0. The van der Waals surface area contributed by atoms with Crippen LogP contribution in [0.15, 0.2) is 94.9 Å². The number of benzene rings is 3. The van der Waals surface area contributed by atoms with Gasteiger partial charge in [-0.25, -0.2) is 0 Å². The van der Waals surface area contributed by atoms with Gasteiger partial charge in [0.2, 0.25) is 0 Å². The number of ether oxygens (including phenoxy) is 1. The third-order valence-electron chi connectivity index (χ3n) is 4.75. The number of sulfonamides is 1. The minimum atomic E-state index is -3.79. The molecule has 28 heavy (non-hydrogen) atoms. The molecule has 0 saturated carbocycles. The van der Waals surface area contributed by atoms with Crippen molar-refractivity contribution in [2.24, 2.45) is 5.10 Å². The molecule has 4 rings (SSSR count). The van der Waals surface area contributed by atoms with E-state index in [0.29, 0.717) is 12.2 Å². The van der Waals surface area contributed by atoms with Crippen LogP contribution in [0.1, 0.15) is 23.6 Å². The molecule has 0 radical (unpaired) electrons. The topological polar surface area (TPSA) is 59.0 Å². The number of nitrogens with zero attached hydrogens (tertiary/aromatic N) is 2. The molecule has 0 spiro atoms. The van der Waals surface area contributed by atoms with Crippen molar-refractivity contribution >= 4 is 15.7 Å². The van der Waals surface area contributed by atoms with Crippen molar-refractivity contribution in [2.75, 3.05) is 7.11 Å². The van der Waals surface area contributed by atoms with Crippen molar-refractivity contribution in [1.82, 2.24) is 4.41 Å². The van der Waals surface area contributed by atoms with Gasteiger partial charge in [0, 0.05) is 6.42 Å². The number of hydrogen-bond acceptors (Lipinski definition) is 4. The zero-order valence-electron chi connectivity index (χ0n) is 15.4. The van der Waals surface area contributed by atoms with Crippen molar-refractivity contribution < 1.29 is 13.2 Å². The summed E-state index contributed by atoms with van der Waals surface area (Å²) in [5.41, 5.74) is 2.50. The fourth-order valence-electron chi connectivity index (χ4n) is 3.31. The Balaban J connectivity index is 1.81. The molecule has 0 saturated heterocycles. The van der Waals surface area contributed by atoms with E-state index in [2.05, 4.69) is 5.10 Å². The first-order valence-corrected chi connectivity index (χ1v) is 10.4. The van der Waals surface area contributed by atoms with Gasteiger partial charge in [-0.3, -0.25) is 0 Å². The highest BCUT2D eigenvalue weighted by Crippen LogP contribution is 2.38. The first kappa shape index (κ1) is 18.3. The Kier molecular flexibility index (Phi) is 4.88. The molecule has 1 heterocycles. The average molecular weight is 392 g/mol. The lowest BCUT2D eigenvalue weighted by Gasteiger charge is -2.23. The molecule has 0 aliphatic carbocycles. The Labute approximate surface area is 164 Å². The SMILES string of the molecule is COc1cccc(C2CC(c3ccccc3)=NN2S(=O)(=O)c2ccccc2)c1. The number of hydrazone groups is 1. The summed E-state index contributed by atoms with van der Waals surface area (Å²) < 4.78 is 33.2. The molecule has 0 amide bonds. The Hall–Kier alpha value is -3.12. The van der Waals surface area contributed by atoms with E-state index in [-0.39, 0.29) is 4.90 Å². The summed E-state index contributed by atoms with van der Waals surface area (Å²) in [5, 5.41) is 4.54. The highest BCUT2D eigenvalue weighted by molar-refractivity contribution is 7.89. The van der Waals surface area contributed by atoms with Crippen molar-refractivity contribution in [2.45, 2.75) is 17.4 Å². The van der Waals surface area contributed by atoms with Crippen LogP contribution in [0.25, 0.3) is 0 Å². The Morgan fingerprint density at radius 1 is 0.929 bits per heavy atom. The Morgan fingerprint density at radius 3 is 2.29 bits per heavy atom. The van der Waals surface area contributed by atoms with Crippen molar-refractivity contribution in [3.63, 3.8) is 0 Å². The molecule has 1 aliphatic rings. The smallest absolute Gasteiger partial charge is 0.279 e. The predicted molar refractivity (Wildman–Crippen MR) is 109 cm³/mol. The van der Waals surface area contributed by atoms with E-state index in [1.54, 1.807) is 37.4 Å². The van der Waals surface area contributed by atoms with E-state index < -0.39 is 16.1 Å². The van der Waals surface area contributed by atoms with Crippen molar-refractivity contribution in [3.05, 3.63) is 96.1 Å². The van der Waals surface area contributed by atoms with Crippen LogP contribution in [0.4, 0.5) is 0 Å². The third kappa shape index (κ3) is 3.39. The summed E-state index contributed by atoms with van der Waals surface area (Å²) in [6.07, 6.45) is 0.489. The van der Waals surface area contributed by atoms with Crippen LogP contribution in [0.2, 0.25) is 0 Å². The first-order chi connectivity index (χ1) is 13.6. The van der Waals surface area contributed by atoms with Gasteiger partial charge in [-0.2, -0.15) is 17.9 Å². The first-order valence-electron chi connectivity index (χ1n) is 8.96. The van der Waals surface area contributed by atoms with E-state index in [0.717, 1.165) is 16.8 Å². The normalized spacial score (nSPS) is 16.7. The lowest BCUT2D eigenvalue weighted by atomic mass is 9.99. The molecule has 142 valence electrons. The highest BCUT2D eigenvalue weighted by atomic mass is 32.2. The minimum absolute atomic E-state index is 0.223. The molecule has 0 aromatic heterocycles. The van der Waals surface area contributed by atoms with Crippen molar-refractivity contribution in [3.8, 4) is 5.75 Å². The number of hydrogen-bond donors (Lipinski definition) is 0. The second kappa shape index (κ2) is 7.48. The maximum atomic E-state index is 13.3. The standard InChI is InChI=1S/C22H20N2O3S/c1-27-19-12-8-11-18(15-19)22-16-21(17-9-4-2-5-10-17)23-24(22)28(25,26)20-13-6-3-7-14-20/h2-15,22H,16H2,1H3. The summed E-state index contributed by atoms with van der Waals surface area (Å²) in [6.45, 7) is 0. The van der Waals surface area contributed by atoms with Crippen molar-refractivity contribution in [1.29, 1.82) is 0 Å². The van der Waals surface area contributed by atoms with Gasteiger partial charge in [0.05, 0.1) is 23.8 Å². The van der Waals surface area contributed by atoms with Gasteiger partial charge >= 0.3 is 0 Å². The molecule has 1 atom stereocenters. The predicted octanol–water partition coefficient (Wildman–Crippen LogP) is 4.24. The molecule has 3 aromatic carbocycles. The van der Waals surface area contributed by atoms with Crippen LogP contribution in [0.3, 0.4) is 0 Å². The molecule has 0 N–H and O–H groups in total. The Morgan fingerprint density at radius 2 is 1.61 bits per heavy atom. The molecule has 5 nitrogen and oxygen atoms in total. The van der Waals surface area contributed by atoms with Gasteiger partial charge in [-0.15, -0.1) is 0 Å². The molecule has 1 unspecified atom stereocenters. The summed E-state index contributed by atoms with van der Waals surface area (Å²) in [6, 6.07) is 25.1. The maximum Gasteiger partial charge on any atom is 0.279 e. The summed E-state index contributed by atoms with van der Waals surface area (Å²) in [5.74, 6) is 0.683. The van der Waals surface area contributed by atoms with E-state index in [1.165, 1.54) is 4.41 Å². The Bertz CT molecular complexity index is 1100. The molecule has 6 heteroatoms. The maximum absolute atomic E-state index is 13.3. The molecule has 0 bridgehead atoms. The van der Waals surface area contributed by atoms with Crippen LogP contribution in [0.5, 0.6) is 5.75 Å². The number of methoxy groups -OCH3 is 1. The van der Waals surface area contributed by atoms with E-state index in [1.807, 2.05) is 54.6 Å². The lowest BCUT2D eigenvalue weighted by molar-refractivity contribution is 0.368. The zero-order valence-corrected chi connectivity index (χ0v) is 16.2. The van der Waals surface area contributed by atoms with Crippen LogP contribution in [0, 0.1) is 0 Å². The third-order valence-corrected chi connectivity index (χ3v) is 6.44. The monoisotopic (exact) mass is 392 g/mol. The molecule has 1 aliphatic heterocycles. The quantitative estimate of drug-likeness (QED) is 0.653. The fourth-order valence-corrected chi connectivity index (χ4v) is 4.77. The largest absolute Gasteiger partial charge is 0.497 e. The highest BCUT2D eigenvalue weighted by Gasteiger charge is 2.37. The lowest BCUT2D eigenvalue weighted by Crippen LogP contribution is -2.27. The molecular weight excluding hydrogens is 372 g/mol. The van der Waals surface area contributed by atoms with E-state index in [4.69, 9.17) is 4.74 Å². The van der Waals surface area contributed by atoms with E-state index >= 15 is 0 Å². The van der Waals surface area contributed by atoms with Crippen LogP contribution < -0.4 is 4.74 Å². The van der Waals surface area contributed by atoms with Crippen LogP contribution in [-0.4, -0.2) is 25.7 Å². The van der Waals surface area contributed by atoms with Crippen LogP contribution >= 0.6 is 0 Å². The van der Waals surface area contributed by atoms with Gasteiger partial charge in [0.25, 0.3) is 10.0 Å². The summed E-state index contributed by atoms with van der Waals surface area (Å²) in [4.78, 5) is 0.223. The molecular formula is C22H20N2O3S. The van der Waals surface area contributed by atoms with Gasteiger partial charge in [0.1, 0.15) is 5.75 Å². The second-order valence-electron chi connectivity index (χ2n) is 6.50. The van der Waals surface area contributed by atoms with Gasteiger partial charge in [-0.1, -0.05) is 60.7 Å². The van der Waals surface area contributed by atoms with Gasteiger partial charge in [0.15, 0.2) is 0 Å². The molecule has 0 fully saturated rings. The zero-order chi connectivity index (χ0) is 19.6. The number of rotatable bonds is 5. The van der Waals surface area contributed by atoms with E-state index in [9.17, 15) is 8.42 Å². The van der Waals surface area contributed by atoms with Crippen LogP contribution in [-0.2, 0) is 10.0 Å². The minimum Gasteiger partial charge on any atom is -0.497 e. The average Bonchev–Trinajstić information content (AvgIpc) is 3.21. The molecule has 3 aromatic rings. The fraction of sp³-hybridized carbons (Fsp3) is 0.136.